The first-order valence-electron chi connectivity index (χ1n) is 7.54. The molecule has 3 aromatic rings. The predicted octanol–water partition coefficient (Wildman–Crippen LogP) is 5.25. The second-order valence-electron chi connectivity index (χ2n) is 5.73. The summed E-state index contributed by atoms with van der Waals surface area (Å²) in [5.41, 5.74) is 12.3. The molecule has 0 saturated heterocycles. The molecule has 0 spiro atoms. The van der Waals surface area contributed by atoms with Gasteiger partial charge in [0.05, 0.1) is 5.69 Å². The Hall–Kier alpha value is -2.64. The molecule has 0 aliphatic heterocycles. The van der Waals surface area contributed by atoms with E-state index < -0.39 is 0 Å². The highest BCUT2D eigenvalue weighted by molar-refractivity contribution is 9.10. The normalized spacial score (nSPS) is 10.4. The van der Waals surface area contributed by atoms with Crippen molar-refractivity contribution in [2.75, 3.05) is 5.73 Å². The van der Waals surface area contributed by atoms with E-state index in [-0.39, 0.29) is 5.82 Å². The highest BCUT2D eigenvalue weighted by Gasteiger charge is 2.16. The number of anilines is 1. The third-order valence-electron chi connectivity index (χ3n) is 3.99. The molecule has 0 saturated carbocycles. The van der Waals surface area contributed by atoms with Gasteiger partial charge in [-0.1, -0.05) is 57.9 Å². The molecule has 2 N–H and O–H groups in total. The van der Waals surface area contributed by atoms with Crippen LogP contribution in [0.5, 0.6) is 0 Å². The number of rotatable bonds is 2. The molecule has 1 heterocycles. The molecule has 0 fully saturated rings. The molecule has 0 atom stereocenters. The maximum absolute atomic E-state index is 9.56. The summed E-state index contributed by atoms with van der Waals surface area (Å²) in [5, 5.41) is 9.56. The second-order valence-corrected chi connectivity index (χ2v) is 6.58. The summed E-state index contributed by atoms with van der Waals surface area (Å²) < 4.78 is 0.938. The highest BCUT2D eigenvalue weighted by atomic mass is 79.9. The van der Waals surface area contributed by atoms with Crippen LogP contribution in [0.25, 0.3) is 22.4 Å². The van der Waals surface area contributed by atoms with Gasteiger partial charge in [0.25, 0.3) is 0 Å². The van der Waals surface area contributed by atoms with E-state index in [1.807, 2.05) is 44.2 Å². The summed E-state index contributed by atoms with van der Waals surface area (Å²) in [7, 11) is 0. The van der Waals surface area contributed by atoms with Crippen LogP contribution in [0.3, 0.4) is 0 Å². The Kier molecular flexibility index (Phi) is 4.37. The molecule has 2 aromatic carbocycles. The second kappa shape index (κ2) is 6.46. The minimum Gasteiger partial charge on any atom is -0.383 e. The molecule has 4 heteroatoms. The zero-order chi connectivity index (χ0) is 17.3. The molecular formula is C20H16BrN3. The maximum Gasteiger partial charge on any atom is 0.142 e. The Morgan fingerprint density at radius 1 is 1.00 bits per heavy atom. The standard InChI is InChI=1S/C20H16BrN3/c1-12-7-8-13(2)15(9-12)16-10-19(24-20(23)17(16)11-22)14-5-3-4-6-18(14)21/h3-10H,1-2H3,(H2,23,24). The van der Waals surface area contributed by atoms with Gasteiger partial charge in [0, 0.05) is 15.6 Å². The van der Waals surface area contributed by atoms with Gasteiger partial charge in [-0.3, -0.25) is 0 Å². The fraction of sp³-hybridized carbons (Fsp3) is 0.100. The molecular weight excluding hydrogens is 362 g/mol. The van der Waals surface area contributed by atoms with Crippen LogP contribution >= 0.6 is 15.9 Å². The zero-order valence-corrected chi connectivity index (χ0v) is 15.1. The Labute approximate surface area is 149 Å². The fourth-order valence-corrected chi connectivity index (χ4v) is 3.22. The van der Waals surface area contributed by atoms with Gasteiger partial charge < -0.3 is 5.73 Å². The summed E-state index contributed by atoms with van der Waals surface area (Å²) in [4.78, 5) is 4.44. The lowest BCUT2D eigenvalue weighted by atomic mass is 9.94. The van der Waals surface area contributed by atoms with Crippen LogP contribution in [-0.2, 0) is 0 Å². The van der Waals surface area contributed by atoms with E-state index in [2.05, 4.69) is 45.2 Å². The number of nitrogens with two attached hydrogens (primary N) is 1. The van der Waals surface area contributed by atoms with Crippen molar-refractivity contribution >= 4 is 21.7 Å². The Morgan fingerprint density at radius 3 is 2.46 bits per heavy atom. The molecule has 24 heavy (non-hydrogen) atoms. The van der Waals surface area contributed by atoms with E-state index in [4.69, 9.17) is 5.73 Å². The quantitative estimate of drug-likeness (QED) is 0.663. The first-order valence-corrected chi connectivity index (χ1v) is 8.33. The van der Waals surface area contributed by atoms with Crippen LogP contribution in [-0.4, -0.2) is 4.98 Å². The maximum atomic E-state index is 9.56. The average Bonchev–Trinajstić information content (AvgIpc) is 2.57. The molecule has 0 unspecified atom stereocenters. The monoisotopic (exact) mass is 377 g/mol. The summed E-state index contributed by atoms with van der Waals surface area (Å²) in [5.74, 6) is 0.252. The van der Waals surface area contributed by atoms with Crippen molar-refractivity contribution in [2.24, 2.45) is 0 Å². The van der Waals surface area contributed by atoms with Gasteiger partial charge in [-0.25, -0.2) is 4.98 Å². The topological polar surface area (TPSA) is 62.7 Å². The van der Waals surface area contributed by atoms with E-state index in [1.165, 1.54) is 0 Å². The number of hydrogen-bond acceptors (Lipinski definition) is 3. The SMILES string of the molecule is Cc1ccc(C)c(-c2cc(-c3ccccc3Br)nc(N)c2C#N)c1. The lowest BCUT2D eigenvalue weighted by molar-refractivity contribution is 1.29. The molecule has 0 amide bonds. The molecule has 0 radical (unpaired) electrons. The largest absolute Gasteiger partial charge is 0.383 e. The molecule has 118 valence electrons. The number of benzene rings is 2. The fourth-order valence-electron chi connectivity index (χ4n) is 2.73. The number of hydrogen-bond donors (Lipinski definition) is 1. The highest BCUT2D eigenvalue weighted by Crippen LogP contribution is 2.35. The van der Waals surface area contributed by atoms with Gasteiger partial charge in [-0.05, 0) is 37.1 Å². The Morgan fingerprint density at radius 2 is 1.75 bits per heavy atom. The van der Waals surface area contributed by atoms with Crippen molar-refractivity contribution < 1.29 is 0 Å². The van der Waals surface area contributed by atoms with Crippen LogP contribution in [0.2, 0.25) is 0 Å². The van der Waals surface area contributed by atoms with E-state index in [1.54, 1.807) is 0 Å². The predicted molar refractivity (Wildman–Crippen MR) is 101 cm³/mol. The van der Waals surface area contributed by atoms with Gasteiger partial charge >= 0.3 is 0 Å². The van der Waals surface area contributed by atoms with Crippen molar-refractivity contribution in [1.29, 1.82) is 5.26 Å². The molecule has 0 aliphatic carbocycles. The number of aromatic nitrogens is 1. The molecule has 0 bridgehead atoms. The van der Waals surface area contributed by atoms with E-state index >= 15 is 0 Å². The van der Waals surface area contributed by atoms with Crippen LogP contribution in [0, 0.1) is 25.2 Å². The van der Waals surface area contributed by atoms with Gasteiger partial charge in [0.15, 0.2) is 0 Å². The molecule has 0 aliphatic rings. The third-order valence-corrected chi connectivity index (χ3v) is 4.68. The number of halogens is 1. The number of aryl methyl sites for hydroxylation is 2. The number of nitriles is 1. The van der Waals surface area contributed by atoms with Crippen molar-refractivity contribution in [3.63, 3.8) is 0 Å². The van der Waals surface area contributed by atoms with Crippen molar-refractivity contribution in [2.45, 2.75) is 13.8 Å². The van der Waals surface area contributed by atoms with Gasteiger partial charge in [0.1, 0.15) is 17.5 Å². The first kappa shape index (κ1) is 16.2. The lowest BCUT2D eigenvalue weighted by Crippen LogP contribution is -2.01. The minimum absolute atomic E-state index is 0.252. The summed E-state index contributed by atoms with van der Waals surface area (Å²) >= 11 is 3.55. The molecule has 1 aromatic heterocycles. The Balaban J connectivity index is 2.32. The van der Waals surface area contributed by atoms with Gasteiger partial charge in [-0.2, -0.15) is 5.26 Å². The van der Waals surface area contributed by atoms with Crippen molar-refractivity contribution in [3.05, 3.63) is 69.7 Å². The Bertz CT molecular complexity index is 971. The zero-order valence-electron chi connectivity index (χ0n) is 13.5. The summed E-state index contributed by atoms with van der Waals surface area (Å²) in [6.45, 7) is 4.07. The summed E-state index contributed by atoms with van der Waals surface area (Å²) in [6, 6.07) is 18.2. The van der Waals surface area contributed by atoms with Crippen LogP contribution in [0.15, 0.2) is 53.0 Å². The average molecular weight is 378 g/mol. The first-order chi connectivity index (χ1) is 11.5. The van der Waals surface area contributed by atoms with E-state index in [0.29, 0.717) is 5.56 Å². The van der Waals surface area contributed by atoms with Crippen LogP contribution in [0.4, 0.5) is 5.82 Å². The number of pyridine rings is 1. The smallest absolute Gasteiger partial charge is 0.142 e. The minimum atomic E-state index is 0.252. The lowest BCUT2D eigenvalue weighted by Gasteiger charge is -2.13. The molecule has 3 rings (SSSR count). The van der Waals surface area contributed by atoms with Crippen LogP contribution < -0.4 is 5.73 Å². The van der Waals surface area contributed by atoms with Gasteiger partial charge in [-0.15, -0.1) is 0 Å². The van der Waals surface area contributed by atoms with E-state index in [0.717, 1.165) is 38.0 Å². The van der Waals surface area contributed by atoms with E-state index in [9.17, 15) is 5.26 Å². The number of nitrogens with zero attached hydrogens (tertiary/aromatic N) is 2. The molecule has 3 nitrogen and oxygen atoms in total. The van der Waals surface area contributed by atoms with Crippen LogP contribution in [0.1, 0.15) is 16.7 Å². The number of nitrogen functional groups attached to an aromatic ring is 1. The van der Waals surface area contributed by atoms with Crippen molar-refractivity contribution in [3.8, 4) is 28.5 Å². The summed E-state index contributed by atoms with van der Waals surface area (Å²) in [6.07, 6.45) is 0. The van der Waals surface area contributed by atoms with Crippen molar-refractivity contribution in [1.82, 2.24) is 4.98 Å². The van der Waals surface area contributed by atoms with Gasteiger partial charge in [0.2, 0.25) is 0 Å². The third kappa shape index (κ3) is 2.91.